The largest absolute Gasteiger partial charge is 0.481 e. The maximum absolute atomic E-state index is 10.7. The van der Waals surface area contributed by atoms with Gasteiger partial charge in [-0.2, -0.15) is 0 Å². The first-order valence-corrected chi connectivity index (χ1v) is 5.37. The summed E-state index contributed by atoms with van der Waals surface area (Å²) in [5, 5.41) is 8.81. The number of rotatable bonds is 2. The lowest BCUT2D eigenvalue weighted by atomic mass is 10.1. The molecule has 0 amide bonds. The van der Waals surface area contributed by atoms with Gasteiger partial charge in [0.25, 0.3) is 0 Å². The first-order valence-electron chi connectivity index (χ1n) is 4.58. The molecular weight excluding hydrogens is 244 g/mol. The predicted octanol–water partition coefficient (Wildman–Crippen LogP) is 2.95. The summed E-state index contributed by atoms with van der Waals surface area (Å²) in [6, 6.07) is 6.11. The Balaban J connectivity index is 2.23. The van der Waals surface area contributed by atoms with Crippen molar-refractivity contribution in [2.75, 3.05) is 0 Å². The predicted molar refractivity (Wildman–Crippen MR) is 57.4 cm³/mol. The van der Waals surface area contributed by atoms with Crippen molar-refractivity contribution in [1.82, 2.24) is 0 Å². The van der Waals surface area contributed by atoms with Gasteiger partial charge in [0.05, 0.1) is 5.92 Å². The number of hydrogen-bond donors (Lipinski definition) is 1. The second kappa shape index (κ2) is 3.39. The van der Waals surface area contributed by atoms with Crippen LogP contribution in [0.15, 0.2) is 22.7 Å². The van der Waals surface area contributed by atoms with Crippen LogP contribution in [0.1, 0.15) is 23.5 Å². The molecule has 1 aliphatic rings. The molecule has 1 aliphatic carbocycles. The molecule has 0 radical (unpaired) electrons. The van der Waals surface area contributed by atoms with E-state index in [0.29, 0.717) is 0 Å². The quantitative estimate of drug-likeness (QED) is 0.882. The Kier molecular flexibility index (Phi) is 2.35. The molecule has 1 saturated carbocycles. The van der Waals surface area contributed by atoms with E-state index >= 15 is 0 Å². The van der Waals surface area contributed by atoms with Crippen molar-refractivity contribution >= 4 is 21.9 Å². The zero-order valence-electron chi connectivity index (χ0n) is 7.83. The SMILES string of the molecule is Cc1cc(Br)cc([C@@H]2C[C@H]2C(=O)O)c1. The normalized spacial score (nSPS) is 24.7. The number of carboxylic acid groups (broad SMARTS) is 1. The fraction of sp³-hybridized carbons (Fsp3) is 0.364. The first kappa shape index (κ1) is 9.71. The Morgan fingerprint density at radius 1 is 1.50 bits per heavy atom. The van der Waals surface area contributed by atoms with Gasteiger partial charge in [0.15, 0.2) is 0 Å². The molecule has 3 heteroatoms. The van der Waals surface area contributed by atoms with Crippen molar-refractivity contribution in [3.8, 4) is 0 Å². The molecule has 14 heavy (non-hydrogen) atoms. The van der Waals surface area contributed by atoms with Crippen LogP contribution < -0.4 is 0 Å². The summed E-state index contributed by atoms with van der Waals surface area (Å²) in [5.41, 5.74) is 2.31. The maximum atomic E-state index is 10.7. The molecule has 0 heterocycles. The monoisotopic (exact) mass is 254 g/mol. The zero-order chi connectivity index (χ0) is 10.3. The molecule has 1 aromatic carbocycles. The van der Waals surface area contributed by atoms with Gasteiger partial charge in [-0.1, -0.05) is 22.0 Å². The smallest absolute Gasteiger partial charge is 0.307 e. The van der Waals surface area contributed by atoms with E-state index in [2.05, 4.69) is 22.0 Å². The van der Waals surface area contributed by atoms with Crippen LogP contribution >= 0.6 is 15.9 Å². The van der Waals surface area contributed by atoms with Crippen LogP contribution in [-0.4, -0.2) is 11.1 Å². The van der Waals surface area contributed by atoms with E-state index in [1.165, 1.54) is 5.56 Å². The number of aliphatic carboxylic acids is 1. The Hall–Kier alpha value is -0.830. The highest BCUT2D eigenvalue weighted by molar-refractivity contribution is 9.10. The Bertz CT molecular complexity index is 367. The lowest BCUT2D eigenvalue weighted by Gasteiger charge is -2.02. The number of aryl methyl sites for hydroxylation is 1. The van der Waals surface area contributed by atoms with Gasteiger partial charge in [0, 0.05) is 4.47 Å². The minimum atomic E-state index is -0.673. The molecule has 0 saturated heterocycles. The molecule has 0 unspecified atom stereocenters. The van der Waals surface area contributed by atoms with Gasteiger partial charge in [0.1, 0.15) is 0 Å². The van der Waals surface area contributed by atoms with Crippen molar-refractivity contribution in [3.63, 3.8) is 0 Å². The second-order valence-electron chi connectivity index (χ2n) is 3.85. The average molecular weight is 255 g/mol. The third-order valence-electron chi connectivity index (χ3n) is 2.60. The van der Waals surface area contributed by atoms with Crippen molar-refractivity contribution < 1.29 is 9.90 Å². The molecule has 0 aliphatic heterocycles. The zero-order valence-corrected chi connectivity index (χ0v) is 9.41. The summed E-state index contributed by atoms with van der Waals surface area (Å²) in [7, 11) is 0. The van der Waals surface area contributed by atoms with E-state index in [1.54, 1.807) is 0 Å². The Labute approximate surface area is 91.1 Å². The van der Waals surface area contributed by atoms with Gasteiger partial charge in [-0.3, -0.25) is 4.79 Å². The lowest BCUT2D eigenvalue weighted by molar-refractivity contribution is -0.138. The minimum Gasteiger partial charge on any atom is -0.481 e. The summed E-state index contributed by atoms with van der Waals surface area (Å²) in [6.45, 7) is 2.02. The average Bonchev–Trinajstić information content (AvgIpc) is 2.79. The number of carboxylic acids is 1. The van der Waals surface area contributed by atoms with Crippen molar-refractivity contribution in [2.45, 2.75) is 19.3 Å². The summed E-state index contributed by atoms with van der Waals surface area (Å²) in [6.07, 6.45) is 0.783. The fourth-order valence-electron chi connectivity index (χ4n) is 1.82. The fourth-order valence-corrected chi connectivity index (χ4v) is 2.44. The van der Waals surface area contributed by atoms with E-state index in [4.69, 9.17) is 5.11 Å². The summed E-state index contributed by atoms with van der Waals surface area (Å²) < 4.78 is 1.03. The van der Waals surface area contributed by atoms with E-state index in [9.17, 15) is 4.79 Å². The molecule has 2 atom stereocenters. The molecule has 74 valence electrons. The molecule has 1 aromatic rings. The number of benzene rings is 1. The van der Waals surface area contributed by atoms with Gasteiger partial charge in [-0.25, -0.2) is 0 Å². The van der Waals surface area contributed by atoms with Gasteiger partial charge in [0.2, 0.25) is 0 Å². The highest BCUT2D eigenvalue weighted by Crippen LogP contribution is 2.48. The molecule has 0 spiro atoms. The maximum Gasteiger partial charge on any atom is 0.307 e. The van der Waals surface area contributed by atoms with Crippen molar-refractivity contribution in [3.05, 3.63) is 33.8 Å². The Morgan fingerprint density at radius 2 is 2.21 bits per heavy atom. The molecular formula is C11H11BrO2. The van der Waals surface area contributed by atoms with E-state index in [1.807, 2.05) is 19.1 Å². The summed E-state index contributed by atoms with van der Waals surface area (Å²) in [5.74, 6) is -0.611. The molecule has 1 fully saturated rings. The molecule has 0 aromatic heterocycles. The molecule has 2 rings (SSSR count). The number of hydrogen-bond acceptors (Lipinski definition) is 1. The molecule has 0 bridgehead atoms. The third kappa shape index (κ3) is 1.82. The first-order chi connectivity index (χ1) is 6.58. The van der Waals surface area contributed by atoms with Gasteiger partial charge >= 0.3 is 5.97 Å². The van der Waals surface area contributed by atoms with Gasteiger partial charge < -0.3 is 5.11 Å². The van der Waals surface area contributed by atoms with Crippen LogP contribution in [0, 0.1) is 12.8 Å². The number of halogens is 1. The lowest BCUT2D eigenvalue weighted by Crippen LogP contribution is -1.99. The highest BCUT2D eigenvalue weighted by Gasteiger charge is 2.44. The standard InChI is InChI=1S/C11H11BrO2/c1-6-2-7(4-8(12)3-6)9-5-10(9)11(13)14/h2-4,9-10H,5H2,1H3,(H,13,14)/t9-,10+/m0/s1. The Morgan fingerprint density at radius 3 is 2.71 bits per heavy atom. The van der Waals surface area contributed by atoms with Crippen LogP contribution in [0.3, 0.4) is 0 Å². The second-order valence-corrected chi connectivity index (χ2v) is 4.76. The van der Waals surface area contributed by atoms with Gasteiger partial charge in [-0.15, -0.1) is 0 Å². The summed E-state index contributed by atoms with van der Waals surface area (Å²) in [4.78, 5) is 10.7. The van der Waals surface area contributed by atoms with Crippen molar-refractivity contribution in [1.29, 1.82) is 0 Å². The van der Waals surface area contributed by atoms with E-state index in [-0.39, 0.29) is 11.8 Å². The van der Waals surface area contributed by atoms with Crippen LogP contribution in [0.4, 0.5) is 0 Å². The van der Waals surface area contributed by atoms with Gasteiger partial charge in [-0.05, 0) is 42.5 Å². The van der Waals surface area contributed by atoms with Crippen LogP contribution in [0.25, 0.3) is 0 Å². The highest BCUT2D eigenvalue weighted by atomic mass is 79.9. The molecule has 2 nitrogen and oxygen atoms in total. The third-order valence-corrected chi connectivity index (χ3v) is 3.06. The van der Waals surface area contributed by atoms with Crippen LogP contribution in [0.2, 0.25) is 0 Å². The topological polar surface area (TPSA) is 37.3 Å². The van der Waals surface area contributed by atoms with E-state index in [0.717, 1.165) is 16.5 Å². The van der Waals surface area contributed by atoms with Crippen LogP contribution in [0.5, 0.6) is 0 Å². The summed E-state index contributed by atoms with van der Waals surface area (Å²) >= 11 is 3.42. The van der Waals surface area contributed by atoms with E-state index < -0.39 is 5.97 Å². The minimum absolute atomic E-state index is 0.163. The molecule has 1 N–H and O–H groups in total. The number of carbonyl (C=O) groups is 1. The van der Waals surface area contributed by atoms with Crippen molar-refractivity contribution in [2.24, 2.45) is 5.92 Å². The van der Waals surface area contributed by atoms with Crippen LogP contribution in [-0.2, 0) is 4.79 Å².